The minimum Gasteiger partial charge on any atom is -0.490 e. The predicted molar refractivity (Wildman–Crippen MR) is 73.8 cm³/mol. The number of ether oxygens (including phenoxy) is 1. The van der Waals surface area contributed by atoms with Gasteiger partial charge in [-0.1, -0.05) is 6.08 Å². The molecule has 104 valence electrons. The van der Waals surface area contributed by atoms with E-state index >= 15 is 0 Å². The molecule has 0 unspecified atom stereocenters. The third kappa shape index (κ3) is 2.50. The molecule has 0 aliphatic carbocycles. The Balaban J connectivity index is 2.32. The first-order valence-corrected chi connectivity index (χ1v) is 6.42. The lowest BCUT2D eigenvalue weighted by atomic mass is 9.91. The molecule has 5 nitrogen and oxygen atoms in total. The van der Waals surface area contributed by atoms with Gasteiger partial charge >= 0.3 is 0 Å². The average Bonchev–Trinajstić information content (AvgIpc) is 2.68. The number of amides is 1. The Morgan fingerprint density at radius 3 is 3.00 bits per heavy atom. The molecule has 20 heavy (non-hydrogen) atoms. The standard InChI is InChI=1S/C15H17N3O2/c1-4-15(2,3)14(19)18-5-6-20-13-11(7-16)8-17-9-12(13)10-18/h4,8-9H,1,5-6,10H2,2-3H3. The van der Waals surface area contributed by atoms with Gasteiger partial charge in [0.2, 0.25) is 5.91 Å². The van der Waals surface area contributed by atoms with Crippen LogP contribution < -0.4 is 4.74 Å². The van der Waals surface area contributed by atoms with Gasteiger partial charge in [0.15, 0.2) is 0 Å². The average molecular weight is 271 g/mol. The zero-order chi connectivity index (χ0) is 14.8. The Morgan fingerprint density at radius 1 is 1.60 bits per heavy atom. The number of hydrogen-bond acceptors (Lipinski definition) is 4. The van der Waals surface area contributed by atoms with Crippen LogP contribution >= 0.6 is 0 Å². The van der Waals surface area contributed by atoms with Crippen LogP contribution in [0.3, 0.4) is 0 Å². The van der Waals surface area contributed by atoms with Gasteiger partial charge < -0.3 is 9.64 Å². The van der Waals surface area contributed by atoms with Crippen LogP contribution in [-0.2, 0) is 11.3 Å². The number of nitriles is 1. The monoisotopic (exact) mass is 271 g/mol. The Morgan fingerprint density at radius 2 is 2.35 bits per heavy atom. The molecule has 0 aromatic carbocycles. The van der Waals surface area contributed by atoms with Crippen molar-refractivity contribution < 1.29 is 9.53 Å². The summed E-state index contributed by atoms with van der Waals surface area (Å²) in [4.78, 5) is 18.2. The fraction of sp³-hybridized carbons (Fsp3) is 0.400. The van der Waals surface area contributed by atoms with Crippen LogP contribution in [0.15, 0.2) is 25.0 Å². The molecule has 0 N–H and O–H groups in total. The maximum absolute atomic E-state index is 12.5. The third-order valence-electron chi connectivity index (χ3n) is 3.41. The van der Waals surface area contributed by atoms with Gasteiger partial charge in [0.25, 0.3) is 0 Å². The molecular weight excluding hydrogens is 254 g/mol. The SMILES string of the molecule is C=CC(C)(C)C(=O)N1CCOc2c(C#N)cncc2C1. The third-order valence-corrected chi connectivity index (χ3v) is 3.41. The number of rotatable bonds is 2. The fourth-order valence-corrected chi connectivity index (χ4v) is 2.07. The second kappa shape index (κ2) is 5.33. The summed E-state index contributed by atoms with van der Waals surface area (Å²) in [6.45, 7) is 8.62. The number of carbonyl (C=O) groups is 1. The maximum Gasteiger partial charge on any atom is 0.232 e. The molecule has 2 heterocycles. The van der Waals surface area contributed by atoms with E-state index in [4.69, 9.17) is 10.00 Å². The van der Waals surface area contributed by atoms with E-state index in [0.717, 1.165) is 5.56 Å². The number of pyridine rings is 1. The smallest absolute Gasteiger partial charge is 0.232 e. The highest BCUT2D eigenvalue weighted by molar-refractivity contribution is 5.84. The Hall–Kier alpha value is -2.35. The van der Waals surface area contributed by atoms with Crippen LogP contribution in [0, 0.1) is 16.7 Å². The summed E-state index contributed by atoms with van der Waals surface area (Å²) in [6, 6.07) is 2.06. The first-order valence-electron chi connectivity index (χ1n) is 6.42. The number of nitrogens with zero attached hydrogens (tertiary/aromatic N) is 3. The van der Waals surface area contributed by atoms with Crippen molar-refractivity contribution >= 4 is 5.91 Å². The summed E-state index contributed by atoms with van der Waals surface area (Å²) in [6.07, 6.45) is 4.76. The van der Waals surface area contributed by atoms with Gasteiger partial charge in [-0.05, 0) is 13.8 Å². The summed E-state index contributed by atoms with van der Waals surface area (Å²) < 4.78 is 5.61. The number of hydrogen-bond donors (Lipinski definition) is 0. The summed E-state index contributed by atoms with van der Waals surface area (Å²) in [5.41, 5.74) is 0.541. The van der Waals surface area contributed by atoms with Gasteiger partial charge in [-0.25, -0.2) is 0 Å². The number of carbonyl (C=O) groups excluding carboxylic acids is 1. The fourth-order valence-electron chi connectivity index (χ4n) is 2.07. The van der Waals surface area contributed by atoms with Crippen molar-refractivity contribution in [3.63, 3.8) is 0 Å². The molecule has 0 spiro atoms. The zero-order valence-corrected chi connectivity index (χ0v) is 11.7. The molecule has 0 radical (unpaired) electrons. The molecule has 0 bridgehead atoms. The molecule has 2 rings (SSSR count). The minimum atomic E-state index is -0.620. The lowest BCUT2D eigenvalue weighted by molar-refractivity contribution is -0.138. The molecule has 1 aliphatic heterocycles. The molecule has 1 aliphatic rings. The molecule has 0 saturated carbocycles. The van der Waals surface area contributed by atoms with E-state index in [2.05, 4.69) is 17.6 Å². The Bertz CT molecular complexity index is 587. The van der Waals surface area contributed by atoms with Crippen LogP contribution in [0.2, 0.25) is 0 Å². The zero-order valence-electron chi connectivity index (χ0n) is 11.7. The Kier molecular flexibility index (Phi) is 3.75. The highest BCUT2D eigenvalue weighted by atomic mass is 16.5. The molecule has 0 atom stereocenters. The molecule has 1 amide bonds. The van der Waals surface area contributed by atoms with Gasteiger partial charge in [-0.15, -0.1) is 6.58 Å². The highest BCUT2D eigenvalue weighted by Crippen LogP contribution is 2.28. The van der Waals surface area contributed by atoms with Crippen LogP contribution in [-0.4, -0.2) is 28.9 Å². The normalized spacial score (nSPS) is 14.6. The topological polar surface area (TPSA) is 66.2 Å². The predicted octanol–water partition coefficient (Wildman–Crippen LogP) is 1.89. The molecular formula is C15H17N3O2. The van der Waals surface area contributed by atoms with Crippen LogP contribution in [0.25, 0.3) is 0 Å². The van der Waals surface area contributed by atoms with Crippen LogP contribution in [0.1, 0.15) is 25.0 Å². The lowest BCUT2D eigenvalue weighted by Crippen LogP contribution is -2.40. The highest BCUT2D eigenvalue weighted by Gasteiger charge is 2.31. The lowest BCUT2D eigenvalue weighted by Gasteiger charge is -2.28. The molecule has 0 fully saturated rings. The molecule has 0 saturated heterocycles. The number of fused-ring (bicyclic) bond motifs is 1. The van der Waals surface area contributed by atoms with Gasteiger partial charge in [-0.2, -0.15) is 5.26 Å². The van der Waals surface area contributed by atoms with Gasteiger partial charge in [0, 0.05) is 18.0 Å². The van der Waals surface area contributed by atoms with E-state index in [1.165, 1.54) is 6.20 Å². The van der Waals surface area contributed by atoms with E-state index in [1.807, 2.05) is 13.8 Å². The van der Waals surface area contributed by atoms with Gasteiger partial charge in [0.05, 0.1) is 18.5 Å². The first-order chi connectivity index (χ1) is 9.49. The molecule has 1 aromatic heterocycles. The Labute approximate surface area is 118 Å². The largest absolute Gasteiger partial charge is 0.490 e. The van der Waals surface area contributed by atoms with Crippen molar-refractivity contribution in [1.29, 1.82) is 5.26 Å². The molecule has 5 heteroatoms. The summed E-state index contributed by atoms with van der Waals surface area (Å²) in [5, 5.41) is 9.06. The number of aromatic nitrogens is 1. The quantitative estimate of drug-likeness (QED) is 0.770. The minimum absolute atomic E-state index is 0.00805. The van der Waals surface area contributed by atoms with Crippen molar-refractivity contribution in [3.8, 4) is 11.8 Å². The van der Waals surface area contributed by atoms with E-state index in [1.54, 1.807) is 17.2 Å². The van der Waals surface area contributed by atoms with Crippen molar-refractivity contribution in [2.45, 2.75) is 20.4 Å². The van der Waals surface area contributed by atoms with Crippen LogP contribution in [0.5, 0.6) is 5.75 Å². The van der Waals surface area contributed by atoms with E-state index < -0.39 is 5.41 Å². The van der Waals surface area contributed by atoms with E-state index in [0.29, 0.717) is 31.0 Å². The first kappa shape index (κ1) is 14.1. The van der Waals surface area contributed by atoms with Gasteiger partial charge in [0.1, 0.15) is 24.0 Å². The summed E-state index contributed by atoms with van der Waals surface area (Å²) >= 11 is 0. The molecule has 1 aromatic rings. The van der Waals surface area contributed by atoms with Crippen molar-refractivity contribution in [1.82, 2.24) is 9.88 Å². The van der Waals surface area contributed by atoms with Crippen molar-refractivity contribution in [2.75, 3.05) is 13.2 Å². The van der Waals surface area contributed by atoms with E-state index in [-0.39, 0.29) is 5.91 Å². The van der Waals surface area contributed by atoms with Crippen molar-refractivity contribution in [2.24, 2.45) is 5.41 Å². The summed E-state index contributed by atoms with van der Waals surface area (Å²) in [5.74, 6) is 0.528. The van der Waals surface area contributed by atoms with Gasteiger partial charge in [-0.3, -0.25) is 9.78 Å². The van der Waals surface area contributed by atoms with E-state index in [9.17, 15) is 4.79 Å². The van der Waals surface area contributed by atoms with Crippen LogP contribution in [0.4, 0.5) is 0 Å². The summed E-state index contributed by atoms with van der Waals surface area (Å²) in [7, 11) is 0. The maximum atomic E-state index is 12.5. The second-order valence-electron chi connectivity index (χ2n) is 5.29. The second-order valence-corrected chi connectivity index (χ2v) is 5.29. The van der Waals surface area contributed by atoms with Crippen molar-refractivity contribution in [3.05, 3.63) is 36.2 Å².